The Labute approximate surface area is 197 Å². The van der Waals surface area contributed by atoms with Gasteiger partial charge in [-0.05, 0) is 54.4 Å². The fourth-order valence-electron chi connectivity index (χ4n) is 4.67. The van der Waals surface area contributed by atoms with Crippen molar-refractivity contribution in [2.75, 3.05) is 7.11 Å². The van der Waals surface area contributed by atoms with Gasteiger partial charge in [0.2, 0.25) is 0 Å². The highest BCUT2D eigenvalue weighted by Crippen LogP contribution is 2.44. The number of carbonyl (C=O) groups excluding carboxylic acids is 2. The van der Waals surface area contributed by atoms with E-state index in [0.29, 0.717) is 23.3 Å². The molecule has 1 saturated heterocycles. The van der Waals surface area contributed by atoms with Gasteiger partial charge in [0.25, 0.3) is 11.7 Å². The number of benzene rings is 2. The molecule has 3 heterocycles. The molecule has 3 aromatic rings. The van der Waals surface area contributed by atoms with Crippen molar-refractivity contribution >= 4 is 17.4 Å². The molecule has 34 heavy (non-hydrogen) atoms. The summed E-state index contributed by atoms with van der Waals surface area (Å²) in [6.45, 7) is 2.16. The van der Waals surface area contributed by atoms with Gasteiger partial charge in [-0.15, -0.1) is 0 Å². The third-order valence-electron chi connectivity index (χ3n) is 6.25. The van der Waals surface area contributed by atoms with Crippen molar-refractivity contribution in [3.05, 3.63) is 94.8 Å². The second kappa shape index (κ2) is 8.67. The van der Waals surface area contributed by atoms with Gasteiger partial charge >= 0.3 is 0 Å². The lowest BCUT2D eigenvalue weighted by molar-refractivity contribution is -0.140. The Hall–Kier alpha value is -4.13. The summed E-state index contributed by atoms with van der Waals surface area (Å²) < 4.78 is 11.3. The van der Waals surface area contributed by atoms with Gasteiger partial charge in [-0.25, -0.2) is 0 Å². The number of aromatic nitrogens is 1. The Morgan fingerprint density at radius 3 is 2.68 bits per heavy atom. The second-order valence-corrected chi connectivity index (χ2v) is 8.48. The maximum Gasteiger partial charge on any atom is 0.295 e. The third kappa shape index (κ3) is 3.69. The van der Waals surface area contributed by atoms with E-state index in [9.17, 15) is 14.7 Å². The number of aliphatic hydroxyl groups is 1. The number of Topliss-reactive ketones (excluding diaryl/α,β-unsaturated/α-hetero) is 1. The molecule has 0 unspecified atom stereocenters. The molecular weight excluding hydrogens is 432 g/mol. The van der Waals surface area contributed by atoms with Crippen molar-refractivity contribution in [3.8, 4) is 11.5 Å². The van der Waals surface area contributed by atoms with E-state index in [1.165, 1.54) is 12.0 Å². The Bertz CT molecular complexity index is 1300. The maximum atomic E-state index is 13.3. The van der Waals surface area contributed by atoms with Gasteiger partial charge in [-0.3, -0.25) is 14.6 Å². The van der Waals surface area contributed by atoms with Crippen LogP contribution in [0.1, 0.15) is 35.2 Å². The first-order chi connectivity index (χ1) is 16.5. The molecule has 0 radical (unpaired) electrons. The molecule has 1 fully saturated rings. The minimum absolute atomic E-state index is 0.0375. The van der Waals surface area contributed by atoms with E-state index in [0.717, 1.165) is 16.9 Å². The molecule has 2 aromatic carbocycles. The Kier molecular flexibility index (Phi) is 5.53. The number of hydrogen-bond acceptors (Lipinski definition) is 6. The zero-order valence-corrected chi connectivity index (χ0v) is 18.9. The lowest BCUT2D eigenvalue weighted by Crippen LogP contribution is -2.29. The smallest absolute Gasteiger partial charge is 0.295 e. The Morgan fingerprint density at radius 2 is 1.91 bits per heavy atom. The molecule has 7 heteroatoms. The average Bonchev–Trinajstić information content (AvgIpc) is 3.35. The van der Waals surface area contributed by atoms with E-state index < -0.39 is 17.7 Å². The van der Waals surface area contributed by atoms with Gasteiger partial charge in [0.1, 0.15) is 23.4 Å². The van der Waals surface area contributed by atoms with Gasteiger partial charge in [0, 0.05) is 36.5 Å². The number of hydrogen-bond donors (Lipinski definition) is 1. The van der Waals surface area contributed by atoms with Crippen LogP contribution < -0.4 is 9.47 Å². The van der Waals surface area contributed by atoms with Crippen molar-refractivity contribution in [2.24, 2.45) is 0 Å². The summed E-state index contributed by atoms with van der Waals surface area (Å²) in [6.07, 6.45) is 4.03. The first-order valence-corrected chi connectivity index (χ1v) is 11.1. The van der Waals surface area contributed by atoms with Crippen LogP contribution in [0.15, 0.2) is 72.6 Å². The molecular formula is C27H24N2O5. The molecule has 0 saturated carbocycles. The van der Waals surface area contributed by atoms with Gasteiger partial charge in [0.15, 0.2) is 0 Å². The normalized spacial score (nSPS) is 20.8. The van der Waals surface area contributed by atoms with E-state index in [4.69, 9.17) is 9.47 Å². The first-order valence-electron chi connectivity index (χ1n) is 11.1. The number of ether oxygens (including phenoxy) is 2. The number of aliphatic hydroxyl groups excluding tert-OH is 1. The summed E-state index contributed by atoms with van der Waals surface area (Å²) in [4.78, 5) is 32.0. The maximum absolute atomic E-state index is 13.3. The highest BCUT2D eigenvalue weighted by atomic mass is 16.5. The van der Waals surface area contributed by atoms with Crippen LogP contribution in [0.4, 0.5) is 0 Å². The number of carbonyl (C=O) groups is 2. The van der Waals surface area contributed by atoms with E-state index >= 15 is 0 Å². The van der Waals surface area contributed by atoms with Crippen LogP contribution in [-0.2, 0) is 22.6 Å². The fraction of sp³-hybridized carbons (Fsp3) is 0.222. The van der Waals surface area contributed by atoms with Crippen molar-refractivity contribution in [1.29, 1.82) is 0 Å². The van der Waals surface area contributed by atoms with Crippen LogP contribution >= 0.6 is 0 Å². The van der Waals surface area contributed by atoms with Crippen molar-refractivity contribution in [1.82, 2.24) is 9.88 Å². The zero-order valence-electron chi connectivity index (χ0n) is 18.9. The number of ketones is 1. The number of para-hydroxylation sites is 1. The minimum atomic E-state index is -0.812. The molecule has 2 aliphatic heterocycles. The highest BCUT2D eigenvalue weighted by Gasteiger charge is 2.47. The molecule has 5 rings (SSSR count). The molecule has 0 aliphatic carbocycles. The second-order valence-electron chi connectivity index (χ2n) is 8.48. The van der Waals surface area contributed by atoms with Gasteiger partial charge in [0.05, 0.1) is 18.7 Å². The van der Waals surface area contributed by atoms with Crippen molar-refractivity contribution < 1.29 is 24.2 Å². The molecule has 2 atom stereocenters. The molecule has 7 nitrogen and oxygen atoms in total. The number of fused-ring (bicyclic) bond motifs is 1. The summed E-state index contributed by atoms with van der Waals surface area (Å²) >= 11 is 0. The van der Waals surface area contributed by atoms with E-state index in [1.54, 1.807) is 48.8 Å². The Balaban J connectivity index is 1.66. The van der Waals surface area contributed by atoms with Crippen LogP contribution in [-0.4, -0.2) is 39.9 Å². The van der Waals surface area contributed by atoms with Crippen molar-refractivity contribution in [2.45, 2.75) is 32.0 Å². The predicted octanol–water partition coefficient (Wildman–Crippen LogP) is 4.04. The van der Waals surface area contributed by atoms with Gasteiger partial charge in [-0.1, -0.05) is 18.2 Å². The predicted molar refractivity (Wildman–Crippen MR) is 125 cm³/mol. The average molecular weight is 456 g/mol. The lowest BCUT2D eigenvalue weighted by atomic mass is 9.93. The van der Waals surface area contributed by atoms with Gasteiger partial charge < -0.3 is 19.5 Å². The van der Waals surface area contributed by atoms with Crippen LogP contribution in [0, 0.1) is 0 Å². The lowest BCUT2D eigenvalue weighted by Gasteiger charge is -2.26. The van der Waals surface area contributed by atoms with Crippen LogP contribution in [0.25, 0.3) is 5.76 Å². The van der Waals surface area contributed by atoms with Crippen molar-refractivity contribution in [3.63, 3.8) is 0 Å². The van der Waals surface area contributed by atoms with Crippen LogP contribution in [0.5, 0.6) is 11.5 Å². The number of pyridine rings is 1. The molecule has 1 N–H and O–H groups in total. The van der Waals surface area contributed by atoms with E-state index in [1.807, 2.05) is 25.1 Å². The summed E-state index contributed by atoms with van der Waals surface area (Å²) in [5, 5.41) is 11.4. The summed E-state index contributed by atoms with van der Waals surface area (Å²) in [7, 11) is 1.54. The quantitative estimate of drug-likeness (QED) is 0.354. The van der Waals surface area contributed by atoms with E-state index in [-0.39, 0.29) is 24.0 Å². The fourth-order valence-corrected chi connectivity index (χ4v) is 4.67. The number of likely N-dealkylation sites (tertiary alicyclic amines) is 1. The number of nitrogens with zero attached hydrogens (tertiary/aromatic N) is 2. The number of rotatable bonds is 5. The molecule has 0 bridgehead atoms. The number of amides is 1. The van der Waals surface area contributed by atoms with Crippen LogP contribution in [0.2, 0.25) is 0 Å². The monoisotopic (exact) mass is 456 g/mol. The van der Waals surface area contributed by atoms with Gasteiger partial charge in [-0.2, -0.15) is 0 Å². The topological polar surface area (TPSA) is 89.0 Å². The number of methoxy groups -OCH3 is 1. The Morgan fingerprint density at radius 1 is 1.15 bits per heavy atom. The SMILES string of the molecule is COc1ccccc1[C@@H]1C(=C(O)c2ccc3c(c2)C[C@H](C)O3)C(=O)C(=O)N1Cc1ccncc1. The standard InChI is InChI=1S/C27H24N2O5/c1-16-13-19-14-18(7-8-21(19)34-16)25(30)23-24(20-5-3-4-6-22(20)33-2)29(27(32)26(23)31)15-17-9-11-28-12-10-17/h3-12,14,16,24,30H,13,15H2,1-2H3/t16-,24+/m0/s1. The summed E-state index contributed by atoms with van der Waals surface area (Å²) in [6, 6.07) is 15.3. The largest absolute Gasteiger partial charge is 0.507 e. The molecule has 172 valence electrons. The van der Waals surface area contributed by atoms with E-state index in [2.05, 4.69) is 4.98 Å². The molecule has 1 aromatic heterocycles. The zero-order chi connectivity index (χ0) is 23.8. The summed E-state index contributed by atoms with van der Waals surface area (Å²) in [5.74, 6) is -0.325. The molecule has 2 aliphatic rings. The molecule has 0 spiro atoms. The third-order valence-corrected chi connectivity index (χ3v) is 6.25. The highest BCUT2D eigenvalue weighted by molar-refractivity contribution is 6.46. The summed E-state index contributed by atoms with van der Waals surface area (Å²) in [5.41, 5.74) is 2.91. The minimum Gasteiger partial charge on any atom is -0.507 e. The van der Waals surface area contributed by atoms with Crippen LogP contribution in [0.3, 0.4) is 0 Å². The molecule has 1 amide bonds. The first kappa shape index (κ1) is 21.7.